The molecule has 2 N–H and O–H groups in total. The number of benzene rings is 2. The summed E-state index contributed by atoms with van der Waals surface area (Å²) in [6, 6.07) is 15.4. The fourth-order valence-electron chi connectivity index (χ4n) is 3.20. The summed E-state index contributed by atoms with van der Waals surface area (Å²) in [7, 11) is 0. The zero-order valence-electron chi connectivity index (χ0n) is 19.2. The van der Waals surface area contributed by atoms with Crippen molar-refractivity contribution in [3.05, 3.63) is 78.1 Å². The Kier molecular flexibility index (Phi) is 8.43. The molecular formula is C25H29N5O2S. The lowest BCUT2D eigenvalue weighted by atomic mass is 10.0. The summed E-state index contributed by atoms with van der Waals surface area (Å²) in [6.07, 6.45) is 1.79. The summed E-state index contributed by atoms with van der Waals surface area (Å²) in [4.78, 5) is 25.0. The minimum Gasteiger partial charge on any atom is -0.325 e. The molecule has 0 aliphatic rings. The molecule has 3 aromatic rings. The van der Waals surface area contributed by atoms with Crippen LogP contribution >= 0.6 is 11.8 Å². The number of hydrogen-bond donors (Lipinski definition) is 2. The van der Waals surface area contributed by atoms with Crippen LogP contribution in [0, 0.1) is 6.92 Å². The summed E-state index contributed by atoms with van der Waals surface area (Å²) in [6.45, 7) is 10.4. The van der Waals surface area contributed by atoms with Crippen LogP contribution in [0.4, 0.5) is 11.4 Å². The summed E-state index contributed by atoms with van der Waals surface area (Å²) < 4.78 is 1.81. The molecule has 0 atom stereocenters. The van der Waals surface area contributed by atoms with E-state index in [9.17, 15) is 9.59 Å². The third kappa shape index (κ3) is 6.79. The van der Waals surface area contributed by atoms with Gasteiger partial charge < -0.3 is 15.2 Å². The predicted octanol–water partition coefficient (Wildman–Crippen LogP) is 4.81. The van der Waals surface area contributed by atoms with Gasteiger partial charge in [-0.05, 0) is 42.2 Å². The molecule has 2 amide bonds. The number of carbonyl (C=O) groups is 2. The second-order valence-corrected chi connectivity index (χ2v) is 8.89. The summed E-state index contributed by atoms with van der Waals surface area (Å²) in [5.74, 6) is 0.824. The molecule has 0 fully saturated rings. The molecule has 3 rings (SSSR count). The number of hydrogen-bond acceptors (Lipinski definition) is 5. The van der Waals surface area contributed by atoms with Gasteiger partial charge in [-0.2, -0.15) is 0 Å². The molecule has 2 aromatic carbocycles. The number of allylic oxidation sites excluding steroid dienone is 1. The highest BCUT2D eigenvalue weighted by molar-refractivity contribution is 7.99. The van der Waals surface area contributed by atoms with Crippen LogP contribution in [0.1, 0.15) is 36.7 Å². The largest absolute Gasteiger partial charge is 0.325 e. The fraction of sp³-hybridized carbons (Fsp3) is 0.280. The van der Waals surface area contributed by atoms with E-state index in [-0.39, 0.29) is 24.0 Å². The lowest BCUT2D eigenvalue weighted by Gasteiger charge is -2.10. The normalized spacial score (nSPS) is 10.8. The number of anilines is 2. The van der Waals surface area contributed by atoms with Crippen LogP contribution in [-0.2, 0) is 22.6 Å². The molecule has 0 aliphatic heterocycles. The molecule has 1 heterocycles. The van der Waals surface area contributed by atoms with E-state index in [0.29, 0.717) is 23.4 Å². The van der Waals surface area contributed by atoms with Crippen molar-refractivity contribution in [3.8, 4) is 0 Å². The number of aromatic nitrogens is 3. The van der Waals surface area contributed by atoms with E-state index < -0.39 is 0 Å². The minimum absolute atomic E-state index is 0.0735. The summed E-state index contributed by atoms with van der Waals surface area (Å²) in [5.41, 5.74) is 3.73. The standard InChI is InChI=1S/C25H29N5O2S/c1-5-14-30-22(15-23(31)27-21-9-7-6-8-18(21)4)28-29-25(30)33-16-24(32)26-20-12-10-19(11-13-20)17(2)3/h5-13,17H,1,14-16H2,2-4H3,(H,26,32)(H,27,31). The van der Waals surface area contributed by atoms with Crippen molar-refractivity contribution in [3.63, 3.8) is 0 Å². The zero-order chi connectivity index (χ0) is 23.8. The molecule has 7 nitrogen and oxygen atoms in total. The highest BCUT2D eigenvalue weighted by Crippen LogP contribution is 2.20. The number of rotatable bonds is 10. The van der Waals surface area contributed by atoms with Crippen molar-refractivity contribution in [1.29, 1.82) is 0 Å². The molecule has 0 radical (unpaired) electrons. The number of carbonyl (C=O) groups excluding carboxylic acids is 2. The monoisotopic (exact) mass is 463 g/mol. The van der Waals surface area contributed by atoms with Crippen molar-refractivity contribution >= 4 is 35.0 Å². The Hall–Kier alpha value is -3.39. The van der Waals surface area contributed by atoms with Crippen molar-refractivity contribution in [2.24, 2.45) is 0 Å². The minimum atomic E-state index is -0.179. The van der Waals surface area contributed by atoms with Crippen molar-refractivity contribution < 1.29 is 9.59 Å². The van der Waals surface area contributed by atoms with Gasteiger partial charge in [0.1, 0.15) is 5.82 Å². The fourth-order valence-corrected chi connectivity index (χ4v) is 3.97. The lowest BCUT2D eigenvalue weighted by Crippen LogP contribution is -2.18. The summed E-state index contributed by atoms with van der Waals surface area (Å²) in [5, 5.41) is 14.7. The molecule has 0 spiro atoms. The maximum Gasteiger partial charge on any atom is 0.234 e. The second kappa shape index (κ2) is 11.5. The topological polar surface area (TPSA) is 88.9 Å². The Bertz CT molecular complexity index is 1120. The molecular weight excluding hydrogens is 434 g/mol. The number of thioether (sulfide) groups is 1. The maximum absolute atomic E-state index is 12.5. The van der Waals surface area contributed by atoms with Gasteiger partial charge in [0.2, 0.25) is 11.8 Å². The number of para-hydroxylation sites is 1. The quantitative estimate of drug-likeness (QED) is 0.333. The van der Waals surface area contributed by atoms with Crippen LogP contribution in [0.25, 0.3) is 0 Å². The second-order valence-electron chi connectivity index (χ2n) is 7.95. The highest BCUT2D eigenvalue weighted by atomic mass is 32.2. The maximum atomic E-state index is 12.5. The lowest BCUT2D eigenvalue weighted by molar-refractivity contribution is -0.116. The van der Waals surface area contributed by atoms with Gasteiger partial charge in [0.25, 0.3) is 0 Å². The summed E-state index contributed by atoms with van der Waals surface area (Å²) >= 11 is 1.27. The van der Waals surface area contributed by atoms with E-state index >= 15 is 0 Å². The first-order valence-electron chi connectivity index (χ1n) is 10.8. The molecule has 0 bridgehead atoms. The Labute approximate surface area is 198 Å². The molecule has 0 saturated heterocycles. The van der Waals surface area contributed by atoms with E-state index in [1.54, 1.807) is 10.6 Å². The first-order valence-corrected chi connectivity index (χ1v) is 11.8. The third-order valence-electron chi connectivity index (χ3n) is 5.04. The van der Waals surface area contributed by atoms with E-state index in [4.69, 9.17) is 0 Å². The zero-order valence-corrected chi connectivity index (χ0v) is 20.0. The molecule has 1 aromatic heterocycles. The number of amides is 2. The molecule has 0 saturated carbocycles. The highest BCUT2D eigenvalue weighted by Gasteiger charge is 2.17. The smallest absolute Gasteiger partial charge is 0.234 e. The Morgan fingerprint density at radius 3 is 2.45 bits per heavy atom. The molecule has 33 heavy (non-hydrogen) atoms. The van der Waals surface area contributed by atoms with Crippen LogP contribution in [0.5, 0.6) is 0 Å². The molecule has 0 aliphatic carbocycles. The average molecular weight is 464 g/mol. The van der Waals surface area contributed by atoms with Crippen LogP contribution in [0.15, 0.2) is 66.3 Å². The van der Waals surface area contributed by atoms with Crippen LogP contribution in [0.3, 0.4) is 0 Å². The van der Waals surface area contributed by atoms with Gasteiger partial charge in [0, 0.05) is 17.9 Å². The first-order chi connectivity index (χ1) is 15.9. The van der Waals surface area contributed by atoms with Crippen molar-refractivity contribution in [2.45, 2.75) is 44.8 Å². The molecule has 0 unspecified atom stereocenters. The Morgan fingerprint density at radius 2 is 1.79 bits per heavy atom. The van der Waals surface area contributed by atoms with Gasteiger partial charge >= 0.3 is 0 Å². The van der Waals surface area contributed by atoms with Crippen LogP contribution in [-0.4, -0.2) is 32.3 Å². The SMILES string of the molecule is C=CCn1c(CC(=O)Nc2ccccc2C)nnc1SCC(=O)Nc1ccc(C(C)C)cc1. The van der Waals surface area contributed by atoms with Crippen LogP contribution in [0.2, 0.25) is 0 Å². The Morgan fingerprint density at radius 1 is 1.06 bits per heavy atom. The van der Waals surface area contributed by atoms with Gasteiger partial charge in [-0.1, -0.05) is 62.0 Å². The van der Waals surface area contributed by atoms with Crippen molar-refractivity contribution in [1.82, 2.24) is 14.8 Å². The predicted molar refractivity (Wildman–Crippen MR) is 134 cm³/mol. The third-order valence-corrected chi connectivity index (χ3v) is 6.00. The van der Waals surface area contributed by atoms with E-state index in [1.807, 2.05) is 55.5 Å². The van der Waals surface area contributed by atoms with E-state index in [1.165, 1.54) is 17.3 Å². The van der Waals surface area contributed by atoms with E-state index in [2.05, 4.69) is 41.3 Å². The van der Waals surface area contributed by atoms with Gasteiger partial charge in [-0.3, -0.25) is 9.59 Å². The number of nitrogens with one attached hydrogen (secondary N) is 2. The Balaban J connectivity index is 1.60. The van der Waals surface area contributed by atoms with Gasteiger partial charge in [0.15, 0.2) is 5.16 Å². The van der Waals surface area contributed by atoms with Gasteiger partial charge in [0.05, 0.1) is 12.2 Å². The van der Waals surface area contributed by atoms with E-state index in [0.717, 1.165) is 16.9 Å². The van der Waals surface area contributed by atoms with Gasteiger partial charge in [-0.15, -0.1) is 16.8 Å². The van der Waals surface area contributed by atoms with Gasteiger partial charge in [-0.25, -0.2) is 0 Å². The number of nitrogens with zero attached hydrogens (tertiary/aromatic N) is 3. The molecule has 8 heteroatoms. The van der Waals surface area contributed by atoms with Crippen molar-refractivity contribution in [2.75, 3.05) is 16.4 Å². The number of aryl methyl sites for hydroxylation is 1. The first kappa shape index (κ1) is 24.3. The molecule has 172 valence electrons. The van der Waals surface area contributed by atoms with Crippen LogP contribution < -0.4 is 10.6 Å². The average Bonchev–Trinajstić information content (AvgIpc) is 3.15.